The number of nitrogens with zero attached hydrogens (tertiary/aromatic N) is 3. The Balaban J connectivity index is 1.62. The fourth-order valence-corrected chi connectivity index (χ4v) is 2.30. The molecule has 1 aliphatic heterocycles. The first kappa shape index (κ1) is 12.7. The molecular weight excluding hydrogens is 261 g/mol. The van der Waals surface area contributed by atoms with E-state index in [0.29, 0.717) is 18.8 Å². The van der Waals surface area contributed by atoms with E-state index in [1.807, 2.05) is 0 Å². The first-order valence-corrected chi connectivity index (χ1v) is 6.44. The van der Waals surface area contributed by atoms with Crippen LogP contribution in [0, 0.1) is 5.82 Å². The van der Waals surface area contributed by atoms with Crippen molar-refractivity contribution in [1.82, 2.24) is 10.1 Å². The molecule has 0 bridgehead atoms. The largest absolute Gasteiger partial charge is 0.368 e. The molecule has 2 heterocycles. The number of rotatable bonds is 2. The van der Waals surface area contributed by atoms with Gasteiger partial charge in [-0.15, -0.1) is 0 Å². The van der Waals surface area contributed by atoms with E-state index >= 15 is 0 Å². The number of hydrogen-bond donors (Lipinski definition) is 0. The highest BCUT2D eigenvalue weighted by Gasteiger charge is 2.23. The monoisotopic (exact) mass is 275 g/mol. The van der Waals surface area contributed by atoms with Crippen molar-refractivity contribution in [3.05, 3.63) is 48.1 Å². The second-order valence-corrected chi connectivity index (χ2v) is 4.64. The minimum atomic E-state index is -0.242. The Labute approximate surface area is 115 Å². The SMILES string of the molecule is O=C(c1ccon1)N1CCN(c2ccc(F)cc2)CC1. The minimum absolute atomic E-state index is 0.113. The van der Waals surface area contributed by atoms with Crippen molar-refractivity contribution < 1.29 is 13.7 Å². The van der Waals surface area contributed by atoms with Gasteiger partial charge in [-0.2, -0.15) is 0 Å². The molecule has 0 N–H and O–H groups in total. The molecule has 0 radical (unpaired) electrons. The molecule has 3 rings (SSSR count). The quantitative estimate of drug-likeness (QED) is 0.838. The Morgan fingerprint density at radius 1 is 1.10 bits per heavy atom. The average Bonchev–Trinajstić information content (AvgIpc) is 3.02. The molecule has 1 aliphatic rings. The van der Waals surface area contributed by atoms with Gasteiger partial charge < -0.3 is 14.3 Å². The molecule has 2 aromatic rings. The zero-order valence-corrected chi connectivity index (χ0v) is 10.8. The Morgan fingerprint density at radius 3 is 2.40 bits per heavy atom. The summed E-state index contributed by atoms with van der Waals surface area (Å²) < 4.78 is 17.6. The number of halogens is 1. The Bertz CT molecular complexity index is 575. The van der Waals surface area contributed by atoms with Crippen molar-refractivity contribution in [3.8, 4) is 0 Å². The molecule has 1 amide bonds. The fraction of sp³-hybridized carbons (Fsp3) is 0.286. The normalized spacial score (nSPS) is 15.4. The summed E-state index contributed by atoms with van der Waals surface area (Å²) in [5, 5.41) is 3.66. The molecule has 0 saturated carbocycles. The number of amides is 1. The second-order valence-electron chi connectivity index (χ2n) is 4.64. The summed E-state index contributed by atoms with van der Waals surface area (Å²) in [6.45, 7) is 2.66. The highest BCUT2D eigenvalue weighted by Crippen LogP contribution is 2.17. The number of aromatic nitrogens is 1. The number of carbonyl (C=O) groups is 1. The van der Waals surface area contributed by atoms with Gasteiger partial charge >= 0.3 is 0 Å². The fourth-order valence-electron chi connectivity index (χ4n) is 2.30. The molecule has 6 heteroatoms. The lowest BCUT2D eigenvalue weighted by Crippen LogP contribution is -2.48. The van der Waals surface area contributed by atoms with Gasteiger partial charge in [0.05, 0.1) is 0 Å². The van der Waals surface area contributed by atoms with Crippen molar-refractivity contribution in [2.75, 3.05) is 31.1 Å². The molecule has 1 aromatic carbocycles. The van der Waals surface area contributed by atoms with Crippen LogP contribution in [0.15, 0.2) is 41.1 Å². The minimum Gasteiger partial charge on any atom is -0.368 e. The van der Waals surface area contributed by atoms with Crippen LogP contribution < -0.4 is 4.90 Å². The lowest BCUT2D eigenvalue weighted by Gasteiger charge is -2.35. The van der Waals surface area contributed by atoms with Crippen LogP contribution in [0.3, 0.4) is 0 Å². The van der Waals surface area contributed by atoms with Gasteiger partial charge in [-0.05, 0) is 24.3 Å². The van der Waals surface area contributed by atoms with Crippen LogP contribution in [0.2, 0.25) is 0 Å². The van der Waals surface area contributed by atoms with E-state index in [1.165, 1.54) is 18.4 Å². The van der Waals surface area contributed by atoms with E-state index in [2.05, 4.69) is 14.6 Å². The number of piperazine rings is 1. The molecule has 1 fully saturated rings. The van der Waals surface area contributed by atoms with E-state index < -0.39 is 0 Å². The molecular formula is C14H14FN3O2. The molecule has 1 aromatic heterocycles. The summed E-state index contributed by atoms with van der Waals surface area (Å²) in [5.41, 5.74) is 1.31. The zero-order chi connectivity index (χ0) is 13.9. The smallest absolute Gasteiger partial charge is 0.276 e. The molecule has 1 saturated heterocycles. The maximum Gasteiger partial charge on any atom is 0.276 e. The Kier molecular flexibility index (Phi) is 3.37. The number of benzene rings is 1. The molecule has 20 heavy (non-hydrogen) atoms. The van der Waals surface area contributed by atoms with Crippen LogP contribution in [0.25, 0.3) is 0 Å². The molecule has 0 atom stereocenters. The van der Waals surface area contributed by atoms with Gasteiger partial charge in [0.1, 0.15) is 12.1 Å². The van der Waals surface area contributed by atoms with Crippen molar-refractivity contribution in [2.45, 2.75) is 0 Å². The van der Waals surface area contributed by atoms with E-state index in [0.717, 1.165) is 18.8 Å². The lowest BCUT2D eigenvalue weighted by molar-refractivity contribution is 0.0736. The number of anilines is 1. The van der Waals surface area contributed by atoms with Gasteiger partial charge in [-0.3, -0.25) is 4.79 Å². The summed E-state index contributed by atoms with van der Waals surface area (Å²) in [5.74, 6) is -0.355. The molecule has 0 spiro atoms. The molecule has 104 valence electrons. The average molecular weight is 275 g/mol. The van der Waals surface area contributed by atoms with Gasteiger partial charge in [0.25, 0.3) is 5.91 Å². The first-order chi connectivity index (χ1) is 9.74. The third kappa shape index (κ3) is 2.49. The van der Waals surface area contributed by atoms with E-state index in [-0.39, 0.29) is 11.7 Å². The second kappa shape index (κ2) is 5.32. The molecule has 0 unspecified atom stereocenters. The summed E-state index contributed by atoms with van der Waals surface area (Å²) >= 11 is 0. The summed E-state index contributed by atoms with van der Waals surface area (Å²) in [6.07, 6.45) is 1.39. The highest BCUT2D eigenvalue weighted by atomic mass is 19.1. The third-order valence-corrected chi connectivity index (χ3v) is 3.42. The van der Waals surface area contributed by atoms with E-state index in [4.69, 9.17) is 0 Å². The van der Waals surface area contributed by atoms with Gasteiger partial charge in [0, 0.05) is 37.9 Å². The van der Waals surface area contributed by atoms with Crippen molar-refractivity contribution in [1.29, 1.82) is 0 Å². The summed E-state index contributed by atoms with van der Waals surface area (Å²) in [7, 11) is 0. The predicted molar refractivity (Wildman–Crippen MR) is 71.0 cm³/mol. The van der Waals surface area contributed by atoms with Crippen LogP contribution in [0.5, 0.6) is 0 Å². The van der Waals surface area contributed by atoms with Gasteiger partial charge in [0.2, 0.25) is 0 Å². The summed E-state index contributed by atoms with van der Waals surface area (Å²) in [6, 6.07) is 7.97. The lowest BCUT2D eigenvalue weighted by atomic mass is 10.2. The maximum atomic E-state index is 12.9. The van der Waals surface area contributed by atoms with Gasteiger partial charge in [-0.25, -0.2) is 4.39 Å². The van der Waals surface area contributed by atoms with E-state index in [1.54, 1.807) is 23.1 Å². The topological polar surface area (TPSA) is 49.6 Å². The highest BCUT2D eigenvalue weighted by molar-refractivity contribution is 5.92. The first-order valence-electron chi connectivity index (χ1n) is 6.44. The third-order valence-electron chi connectivity index (χ3n) is 3.42. The zero-order valence-electron chi connectivity index (χ0n) is 10.8. The van der Waals surface area contributed by atoms with Crippen LogP contribution in [0.4, 0.5) is 10.1 Å². The Hall–Kier alpha value is -2.37. The molecule has 0 aliphatic carbocycles. The van der Waals surface area contributed by atoms with Crippen LogP contribution in [-0.4, -0.2) is 42.1 Å². The maximum absolute atomic E-state index is 12.9. The Morgan fingerprint density at radius 2 is 1.80 bits per heavy atom. The van der Waals surface area contributed by atoms with Crippen LogP contribution in [-0.2, 0) is 0 Å². The number of carbonyl (C=O) groups excluding carboxylic acids is 1. The van der Waals surface area contributed by atoms with Gasteiger partial charge in [0.15, 0.2) is 5.69 Å². The van der Waals surface area contributed by atoms with Crippen molar-refractivity contribution in [2.24, 2.45) is 0 Å². The van der Waals surface area contributed by atoms with E-state index in [9.17, 15) is 9.18 Å². The standard InChI is InChI=1S/C14H14FN3O2/c15-11-1-3-12(4-2-11)17-6-8-18(9-7-17)14(19)13-5-10-20-16-13/h1-5,10H,6-9H2. The van der Waals surface area contributed by atoms with Crippen LogP contribution in [0.1, 0.15) is 10.5 Å². The van der Waals surface area contributed by atoms with Crippen molar-refractivity contribution in [3.63, 3.8) is 0 Å². The van der Waals surface area contributed by atoms with Crippen molar-refractivity contribution >= 4 is 11.6 Å². The summed E-state index contributed by atoms with van der Waals surface area (Å²) in [4.78, 5) is 16.0. The molecule has 5 nitrogen and oxygen atoms in total. The van der Waals surface area contributed by atoms with Gasteiger partial charge in [-0.1, -0.05) is 5.16 Å². The van der Waals surface area contributed by atoms with Crippen LogP contribution >= 0.6 is 0 Å². The number of hydrogen-bond acceptors (Lipinski definition) is 4. The predicted octanol–water partition coefficient (Wildman–Crippen LogP) is 1.78.